The van der Waals surface area contributed by atoms with Crippen molar-refractivity contribution in [3.8, 4) is 5.75 Å². The second-order valence-corrected chi connectivity index (χ2v) is 5.62. The van der Waals surface area contributed by atoms with E-state index in [1.54, 1.807) is 7.11 Å². The highest BCUT2D eigenvalue weighted by Gasteiger charge is 2.28. The lowest BCUT2D eigenvalue weighted by molar-refractivity contribution is 0.0855. The summed E-state index contributed by atoms with van der Waals surface area (Å²) in [6.07, 6.45) is 0.630. The molecule has 0 aromatic heterocycles. The molecule has 3 rings (SSSR count). The normalized spacial score (nSPS) is 19.6. The van der Waals surface area contributed by atoms with Gasteiger partial charge in [-0.2, -0.15) is 0 Å². The van der Waals surface area contributed by atoms with E-state index < -0.39 is 0 Å². The first-order valence-corrected chi connectivity index (χ1v) is 7.07. The number of ether oxygens (including phenoxy) is 1. The highest BCUT2D eigenvalue weighted by atomic mass is 35.5. The Morgan fingerprint density at radius 2 is 2.10 bits per heavy atom. The summed E-state index contributed by atoms with van der Waals surface area (Å²) in [6.45, 7) is 1.92. The van der Waals surface area contributed by atoms with Crippen molar-refractivity contribution in [3.05, 3.63) is 42.0 Å². The number of alkyl halides is 1. The molecule has 4 heteroatoms. The van der Waals surface area contributed by atoms with Crippen LogP contribution in [0.25, 0.3) is 10.8 Å². The monoisotopic (exact) mass is 289 g/mol. The zero-order chi connectivity index (χ0) is 14.1. The molecule has 0 amide bonds. The molecule has 0 spiro atoms. The van der Waals surface area contributed by atoms with Crippen LogP contribution in [-0.2, 0) is 4.84 Å². The van der Waals surface area contributed by atoms with E-state index in [0.717, 1.165) is 27.8 Å². The number of fused-ring (bicyclic) bond motifs is 1. The summed E-state index contributed by atoms with van der Waals surface area (Å²) in [5, 5.41) is 6.43. The summed E-state index contributed by atoms with van der Waals surface area (Å²) in [4.78, 5) is 5.43. The van der Waals surface area contributed by atoms with Crippen LogP contribution in [0.2, 0.25) is 0 Å². The van der Waals surface area contributed by atoms with Crippen molar-refractivity contribution < 1.29 is 9.57 Å². The number of nitrogens with zero attached hydrogens (tertiary/aromatic N) is 1. The number of methoxy groups -OCH3 is 1. The summed E-state index contributed by atoms with van der Waals surface area (Å²) < 4.78 is 5.49. The number of benzene rings is 2. The number of halogens is 1. The van der Waals surface area contributed by atoms with Crippen LogP contribution in [0.4, 0.5) is 0 Å². The van der Waals surface area contributed by atoms with Crippen molar-refractivity contribution >= 4 is 28.1 Å². The Hall–Kier alpha value is -1.74. The van der Waals surface area contributed by atoms with E-state index >= 15 is 0 Å². The number of rotatable bonds is 3. The molecule has 20 heavy (non-hydrogen) atoms. The molecule has 0 N–H and O–H groups in total. The summed E-state index contributed by atoms with van der Waals surface area (Å²) in [5.74, 6) is 0.814. The zero-order valence-corrected chi connectivity index (χ0v) is 12.2. The molecule has 0 saturated carbocycles. The Kier molecular flexibility index (Phi) is 3.53. The smallest absolute Gasteiger partial charge is 0.149 e. The molecular formula is C16H16ClNO2. The molecular weight excluding hydrogens is 274 g/mol. The summed E-state index contributed by atoms with van der Waals surface area (Å²) in [6, 6.07) is 12.2. The lowest BCUT2D eigenvalue weighted by Crippen LogP contribution is -2.18. The van der Waals surface area contributed by atoms with E-state index in [-0.39, 0.29) is 11.5 Å². The molecule has 1 aliphatic rings. The first kappa shape index (κ1) is 13.3. The Bertz CT molecular complexity index is 667. The van der Waals surface area contributed by atoms with Crippen LogP contribution in [0, 0.1) is 0 Å². The summed E-state index contributed by atoms with van der Waals surface area (Å²) in [5.41, 5.74) is 1.90. The van der Waals surface area contributed by atoms with Crippen LogP contribution >= 0.6 is 11.6 Å². The largest absolute Gasteiger partial charge is 0.496 e. The predicted octanol–water partition coefficient (Wildman–Crippen LogP) is 3.97. The minimum atomic E-state index is -0.0738. The van der Waals surface area contributed by atoms with Gasteiger partial charge in [0.2, 0.25) is 0 Å². The molecule has 0 radical (unpaired) electrons. The predicted molar refractivity (Wildman–Crippen MR) is 81.8 cm³/mol. The van der Waals surface area contributed by atoms with E-state index in [4.69, 9.17) is 21.2 Å². The molecule has 104 valence electrons. The molecule has 1 heterocycles. The fraction of sp³-hybridized carbons (Fsp3) is 0.312. The Balaban J connectivity index is 2.10. The molecule has 3 nitrogen and oxygen atoms in total. The van der Waals surface area contributed by atoms with Crippen molar-refractivity contribution in [1.29, 1.82) is 0 Å². The lowest BCUT2D eigenvalue weighted by atomic mass is 9.96. The van der Waals surface area contributed by atoms with Gasteiger partial charge < -0.3 is 9.57 Å². The van der Waals surface area contributed by atoms with Gasteiger partial charge in [-0.25, -0.2) is 0 Å². The molecule has 2 aromatic rings. The van der Waals surface area contributed by atoms with Crippen molar-refractivity contribution in [2.75, 3.05) is 7.11 Å². The molecule has 0 saturated heterocycles. The summed E-state index contributed by atoms with van der Waals surface area (Å²) in [7, 11) is 1.67. The number of oxime groups is 1. The van der Waals surface area contributed by atoms with Crippen molar-refractivity contribution in [1.82, 2.24) is 0 Å². The van der Waals surface area contributed by atoms with Crippen LogP contribution in [0.3, 0.4) is 0 Å². The van der Waals surface area contributed by atoms with E-state index in [2.05, 4.69) is 23.4 Å². The topological polar surface area (TPSA) is 30.8 Å². The lowest BCUT2D eigenvalue weighted by Gasteiger charge is -2.12. The maximum absolute atomic E-state index is 6.10. The number of hydrogen-bond donors (Lipinski definition) is 0. The third-order valence-electron chi connectivity index (χ3n) is 3.60. The molecule has 0 bridgehead atoms. The molecule has 2 aromatic carbocycles. The standard InChI is InChI=1S/C16H16ClNO2/c1-10(17)15-9-13(18-20-15)16-12-6-4-3-5-11(12)7-8-14(16)19-2/h3-8,10,15H,9H2,1-2H3. The Labute approximate surface area is 123 Å². The molecule has 0 aliphatic carbocycles. The minimum absolute atomic E-state index is 0.0720. The van der Waals surface area contributed by atoms with Crippen molar-refractivity contribution in [2.24, 2.45) is 5.16 Å². The Morgan fingerprint density at radius 1 is 1.30 bits per heavy atom. The second kappa shape index (κ2) is 5.33. The maximum Gasteiger partial charge on any atom is 0.149 e. The van der Waals surface area contributed by atoms with Gasteiger partial charge in [0.1, 0.15) is 11.9 Å². The van der Waals surface area contributed by atoms with Gasteiger partial charge in [0.25, 0.3) is 0 Å². The highest BCUT2D eigenvalue weighted by Crippen LogP contribution is 2.32. The summed E-state index contributed by atoms with van der Waals surface area (Å²) >= 11 is 6.10. The van der Waals surface area contributed by atoms with Crippen molar-refractivity contribution in [3.63, 3.8) is 0 Å². The fourth-order valence-corrected chi connectivity index (χ4v) is 2.64. The molecule has 2 unspecified atom stereocenters. The fourth-order valence-electron chi connectivity index (χ4n) is 2.51. The third kappa shape index (κ3) is 2.22. The van der Waals surface area contributed by atoms with Crippen LogP contribution in [0.1, 0.15) is 18.9 Å². The quantitative estimate of drug-likeness (QED) is 0.801. The molecule has 1 aliphatic heterocycles. The van der Waals surface area contributed by atoms with Crippen LogP contribution < -0.4 is 4.74 Å². The van der Waals surface area contributed by atoms with E-state index in [1.165, 1.54) is 0 Å². The van der Waals surface area contributed by atoms with Crippen LogP contribution in [0.5, 0.6) is 5.75 Å². The molecule has 0 fully saturated rings. The second-order valence-electron chi connectivity index (χ2n) is 4.93. The van der Waals surface area contributed by atoms with Gasteiger partial charge >= 0.3 is 0 Å². The van der Waals surface area contributed by atoms with E-state index in [9.17, 15) is 0 Å². The van der Waals surface area contributed by atoms with Gasteiger partial charge in [-0.1, -0.05) is 35.5 Å². The van der Waals surface area contributed by atoms with Gasteiger partial charge in [-0.3, -0.25) is 0 Å². The third-order valence-corrected chi connectivity index (χ3v) is 3.89. The average molecular weight is 290 g/mol. The first-order valence-electron chi connectivity index (χ1n) is 6.63. The van der Waals surface area contributed by atoms with E-state index in [1.807, 2.05) is 25.1 Å². The van der Waals surface area contributed by atoms with Gasteiger partial charge in [0.05, 0.1) is 18.2 Å². The van der Waals surface area contributed by atoms with E-state index in [0.29, 0.717) is 6.42 Å². The van der Waals surface area contributed by atoms with Crippen LogP contribution in [-0.4, -0.2) is 24.3 Å². The zero-order valence-electron chi connectivity index (χ0n) is 11.5. The number of hydrogen-bond acceptors (Lipinski definition) is 3. The van der Waals surface area contributed by atoms with Gasteiger partial charge in [0, 0.05) is 12.0 Å². The highest BCUT2D eigenvalue weighted by molar-refractivity contribution is 6.21. The first-order chi connectivity index (χ1) is 9.70. The minimum Gasteiger partial charge on any atom is -0.496 e. The SMILES string of the molecule is COc1ccc2ccccc2c1C1=NOC(C(C)Cl)C1. The Morgan fingerprint density at radius 3 is 2.80 bits per heavy atom. The van der Waals surface area contributed by atoms with Crippen molar-refractivity contribution in [2.45, 2.75) is 24.8 Å². The average Bonchev–Trinajstić information content (AvgIpc) is 2.95. The van der Waals surface area contributed by atoms with Gasteiger partial charge in [-0.15, -0.1) is 11.6 Å². The molecule has 2 atom stereocenters. The maximum atomic E-state index is 6.10. The van der Waals surface area contributed by atoms with Gasteiger partial charge in [0.15, 0.2) is 0 Å². The van der Waals surface area contributed by atoms with Crippen LogP contribution in [0.15, 0.2) is 41.6 Å². The van der Waals surface area contributed by atoms with Gasteiger partial charge in [-0.05, 0) is 23.8 Å².